The van der Waals surface area contributed by atoms with Crippen molar-refractivity contribution >= 4 is 0 Å². The van der Waals surface area contributed by atoms with Crippen LogP contribution in [0.2, 0.25) is 0 Å². The number of hydrogen-bond acceptors (Lipinski definition) is 3. The van der Waals surface area contributed by atoms with Gasteiger partial charge in [0.25, 0.3) is 0 Å². The normalized spacial score (nSPS) is 29.5. The van der Waals surface area contributed by atoms with E-state index in [-0.39, 0.29) is 6.10 Å². The molecule has 2 atom stereocenters. The van der Waals surface area contributed by atoms with Crippen LogP contribution in [0.4, 0.5) is 0 Å². The summed E-state index contributed by atoms with van der Waals surface area (Å²) in [5.41, 5.74) is 1.23. The summed E-state index contributed by atoms with van der Waals surface area (Å²) in [4.78, 5) is 0. The highest BCUT2D eigenvalue weighted by molar-refractivity contribution is 5.10. The van der Waals surface area contributed by atoms with E-state index in [1.165, 1.54) is 31.2 Å². The Kier molecular flexibility index (Phi) is 3.16. The maximum absolute atomic E-state index is 5.95. The van der Waals surface area contributed by atoms with Crippen molar-refractivity contribution in [3.8, 4) is 0 Å². The topological polar surface area (TPSA) is 39.1 Å². The molecule has 4 heteroatoms. The molecule has 1 aromatic heterocycles. The Labute approximate surface area is 102 Å². The van der Waals surface area contributed by atoms with E-state index in [4.69, 9.17) is 4.74 Å². The van der Waals surface area contributed by atoms with Gasteiger partial charge < -0.3 is 10.1 Å². The van der Waals surface area contributed by atoms with Crippen molar-refractivity contribution in [1.82, 2.24) is 15.1 Å². The van der Waals surface area contributed by atoms with E-state index in [1.807, 2.05) is 17.9 Å². The van der Waals surface area contributed by atoms with Crippen LogP contribution >= 0.6 is 0 Å². The van der Waals surface area contributed by atoms with Crippen molar-refractivity contribution in [3.63, 3.8) is 0 Å². The summed E-state index contributed by atoms with van der Waals surface area (Å²) in [5.74, 6) is 0.605. The van der Waals surface area contributed by atoms with Gasteiger partial charge in [0.1, 0.15) is 0 Å². The average Bonchev–Trinajstić information content (AvgIpc) is 3.08. The second-order valence-corrected chi connectivity index (χ2v) is 5.32. The molecule has 3 rings (SSSR count). The average molecular weight is 235 g/mol. The molecule has 1 aromatic rings. The first-order valence-electron chi connectivity index (χ1n) is 6.66. The lowest BCUT2D eigenvalue weighted by molar-refractivity contribution is -0.0279. The first-order valence-corrected chi connectivity index (χ1v) is 6.66. The van der Waals surface area contributed by atoms with Gasteiger partial charge in [0, 0.05) is 43.9 Å². The van der Waals surface area contributed by atoms with E-state index >= 15 is 0 Å². The van der Waals surface area contributed by atoms with Crippen molar-refractivity contribution in [2.45, 2.75) is 37.8 Å². The smallest absolute Gasteiger partial charge is 0.0895 e. The number of rotatable bonds is 4. The molecular formula is C13H21N3O. The summed E-state index contributed by atoms with van der Waals surface area (Å²) >= 11 is 0. The van der Waals surface area contributed by atoms with E-state index in [0.717, 1.165) is 19.2 Å². The zero-order chi connectivity index (χ0) is 11.7. The molecule has 0 aromatic carbocycles. The molecule has 2 heterocycles. The molecule has 1 saturated carbocycles. The van der Waals surface area contributed by atoms with Crippen LogP contribution in [0.1, 0.15) is 37.4 Å². The lowest BCUT2D eigenvalue weighted by Gasteiger charge is -2.31. The first kappa shape index (κ1) is 11.2. The van der Waals surface area contributed by atoms with Crippen LogP contribution in [0.5, 0.6) is 0 Å². The minimum absolute atomic E-state index is 0.240. The number of ether oxygens (including phenoxy) is 1. The Morgan fingerprint density at radius 2 is 2.35 bits per heavy atom. The monoisotopic (exact) mass is 235 g/mol. The predicted molar refractivity (Wildman–Crippen MR) is 65.6 cm³/mol. The van der Waals surface area contributed by atoms with Crippen LogP contribution in [0.3, 0.4) is 0 Å². The fourth-order valence-electron chi connectivity index (χ4n) is 2.61. The van der Waals surface area contributed by atoms with E-state index < -0.39 is 0 Å². The number of aromatic nitrogens is 2. The van der Waals surface area contributed by atoms with Crippen LogP contribution in [-0.2, 0) is 11.8 Å². The minimum Gasteiger partial charge on any atom is -0.373 e. The van der Waals surface area contributed by atoms with Gasteiger partial charge in [0.2, 0.25) is 0 Å². The van der Waals surface area contributed by atoms with E-state index in [9.17, 15) is 0 Å². The molecule has 2 aliphatic rings. The fraction of sp³-hybridized carbons (Fsp3) is 0.769. The molecule has 0 amide bonds. The Balaban J connectivity index is 1.65. The third kappa shape index (κ3) is 2.69. The van der Waals surface area contributed by atoms with Crippen molar-refractivity contribution in [2.75, 3.05) is 13.2 Å². The van der Waals surface area contributed by atoms with Crippen LogP contribution in [-0.4, -0.2) is 29.0 Å². The molecule has 1 aliphatic carbocycles. The van der Waals surface area contributed by atoms with E-state index in [2.05, 4.69) is 16.6 Å². The molecule has 1 saturated heterocycles. The van der Waals surface area contributed by atoms with Crippen LogP contribution in [0.15, 0.2) is 12.4 Å². The van der Waals surface area contributed by atoms with Gasteiger partial charge in [0.15, 0.2) is 0 Å². The van der Waals surface area contributed by atoms with Crippen LogP contribution in [0, 0.1) is 5.92 Å². The quantitative estimate of drug-likeness (QED) is 0.862. The number of hydrogen-bond donors (Lipinski definition) is 1. The predicted octanol–water partition coefficient (Wildman–Crippen LogP) is 1.64. The van der Waals surface area contributed by atoms with Crippen LogP contribution in [0.25, 0.3) is 0 Å². The van der Waals surface area contributed by atoms with Crippen molar-refractivity contribution in [1.29, 1.82) is 0 Å². The number of nitrogens with one attached hydrogen (secondary N) is 1. The van der Waals surface area contributed by atoms with Gasteiger partial charge in [-0.3, -0.25) is 4.68 Å². The van der Waals surface area contributed by atoms with E-state index in [0.29, 0.717) is 5.92 Å². The summed E-state index contributed by atoms with van der Waals surface area (Å²) in [6.07, 6.45) is 9.42. The number of nitrogens with zero attached hydrogens (tertiary/aromatic N) is 2. The van der Waals surface area contributed by atoms with Gasteiger partial charge in [-0.25, -0.2) is 0 Å². The highest BCUT2D eigenvalue weighted by Crippen LogP contribution is 2.33. The third-order valence-corrected chi connectivity index (χ3v) is 3.74. The fourth-order valence-corrected chi connectivity index (χ4v) is 2.61. The molecule has 1 N–H and O–H groups in total. The van der Waals surface area contributed by atoms with Gasteiger partial charge in [-0.05, 0) is 25.7 Å². The number of aryl methyl sites for hydroxylation is 1. The first-order chi connectivity index (χ1) is 8.33. The van der Waals surface area contributed by atoms with Crippen molar-refractivity contribution < 1.29 is 4.74 Å². The zero-order valence-corrected chi connectivity index (χ0v) is 10.4. The molecule has 0 radical (unpaired) electrons. The molecular weight excluding hydrogens is 214 g/mol. The SMILES string of the molecule is Cn1cc(C2OCCCC2CNC2CC2)cn1. The zero-order valence-electron chi connectivity index (χ0n) is 10.4. The summed E-state index contributed by atoms with van der Waals surface area (Å²) in [7, 11) is 1.96. The van der Waals surface area contributed by atoms with Gasteiger partial charge in [0.05, 0.1) is 12.3 Å². The van der Waals surface area contributed by atoms with Crippen molar-refractivity contribution in [3.05, 3.63) is 18.0 Å². The van der Waals surface area contributed by atoms with E-state index in [1.54, 1.807) is 0 Å². The lowest BCUT2D eigenvalue weighted by Crippen LogP contribution is -2.32. The summed E-state index contributed by atoms with van der Waals surface area (Å²) in [5, 5.41) is 7.88. The van der Waals surface area contributed by atoms with Crippen LogP contribution < -0.4 is 5.32 Å². The Morgan fingerprint density at radius 1 is 1.47 bits per heavy atom. The Hall–Kier alpha value is -0.870. The molecule has 0 bridgehead atoms. The molecule has 1 aliphatic heterocycles. The Bertz CT molecular complexity index is 372. The van der Waals surface area contributed by atoms with Gasteiger partial charge in [-0.1, -0.05) is 0 Å². The van der Waals surface area contributed by atoms with Crippen molar-refractivity contribution in [2.24, 2.45) is 13.0 Å². The second kappa shape index (κ2) is 4.78. The summed E-state index contributed by atoms with van der Waals surface area (Å²) in [6, 6.07) is 0.784. The third-order valence-electron chi connectivity index (χ3n) is 3.74. The lowest BCUT2D eigenvalue weighted by atomic mass is 9.91. The molecule has 2 unspecified atom stereocenters. The van der Waals surface area contributed by atoms with Gasteiger partial charge >= 0.3 is 0 Å². The maximum Gasteiger partial charge on any atom is 0.0895 e. The molecule has 94 valence electrons. The summed E-state index contributed by atoms with van der Waals surface area (Å²) < 4.78 is 7.81. The maximum atomic E-state index is 5.95. The van der Waals surface area contributed by atoms with Gasteiger partial charge in [-0.2, -0.15) is 5.10 Å². The van der Waals surface area contributed by atoms with Gasteiger partial charge in [-0.15, -0.1) is 0 Å². The Morgan fingerprint density at radius 3 is 3.06 bits per heavy atom. The second-order valence-electron chi connectivity index (χ2n) is 5.32. The minimum atomic E-state index is 0.240. The molecule has 2 fully saturated rings. The summed E-state index contributed by atoms with van der Waals surface area (Å²) in [6.45, 7) is 1.98. The largest absolute Gasteiger partial charge is 0.373 e. The highest BCUT2D eigenvalue weighted by Gasteiger charge is 2.30. The highest BCUT2D eigenvalue weighted by atomic mass is 16.5. The standard InChI is InChI=1S/C13H21N3O/c1-16-9-11(8-15-16)13-10(3-2-6-17-13)7-14-12-4-5-12/h8-10,12-14H,2-7H2,1H3. The molecule has 4 nitrogen and oxygen atoms in total. The molecule has 17 heavy (non-hydrogen) atoms. The molecule has 0 spiro atoms.